The average Bonchev–Trinajstić information content (AvgIpc) is 2.78. The van der Waals surface area contributed by atoms with Crippen LogP contribution in [-0.2, 0) is 6.42 Å². The van der Waals surface area contributed by atoms with Gasteiger partial charge in [0.1, 0.15) is 0 Å². The second-order valence-corrected chi connectivity index (χ2v) is 9.54. The second kappa shape index (κ2) is 7.17. The number of fused-ring (bicyclic) bond motifs is 1. The Morgan fingerprint density at radius 2 is 2.17 bits per heavy atom. The van der Waals surface area contributed by atoms with Gasteiger partial charge < -0.3 is 10.2 Å². The van der Waals surface area contributed by atoms with Gasteiger partial charge >= 0.3 is 6.18 Å². The molecule has 2 nitrogen and oxygen atoms in total. The van der Waals surface area contributed by atoms with Crippen LogP contribution in [0.1, 0.15) is 12.0 Å². The van der Waals surface area contributed by atoms with E-state index in [1.807, 2.05) is 41.8 Å². The van der Waals surface area contributed by atoms with Crippen molar-refractivity contribution in [2.75, 3.05) is 25.5 Å². The molecule has 24 heavy (non-hydrogen) atoms. The predicted octanol–water partition coefficient (Wildman–Crippen LogP) is 5.33. The highest BCUT2D eigenvalue weighted by atomic mass is 127. The van der Waals surface area contributed by atoms with Gasteiger partial charge in [-0.15, -0.1) is 22.9 Å². The maximum atomic E-state index is 12.9. The van der Waals surface area contributed by atoms with Crippen molar-refractivity contribution in [2.24, 2.45) is 0 Å². The molecule has 1 aromatic carbocycles. The molecule has 2 unspecified atom stereocenters. The lowest BCUT2D eigenvalue weighted by Crippen LogP contribution is -2.45. The maximum absolute atomic E-state index is 12.9. The molecule has 132 valence electrons. The van der Waals surface area contributed by atoms with Crippen molar-refractivity contribution in [2.45, 2.75) is 30.4 Å². The molecule has 1 aromatic heterocycles. The first-order valence-electron chi connectivity index (χ1n) is 7.60. The van der Waals surface area contributed by atoms with Gasteiger partial charge in [0.2, 0.25) is 0 Å². The molecule has 1 fully saturated rings. The largest absolute Gasteiger partial charge is 0.393 e. The van der Waals surface area contributed by atoms with Gasteiger partial charge in [-0.3, -0.25) is 0 Å². The van der Waals surface area contributed by atoms with Crippen molar-refractivity contribution in [3.8, 4) is 0 Å². The molecule has 0 radical (unpaired) electrons. The highest BCUT2D eigenvalue weighted by Gasteiger charge is 2.31. The molecule has 3 rings (SSSR count). The van der Waals surface area contributed by atoms with Crippen LogP contribution in [0.5, 0.6) is 0 Å². The second-order valence-electron chi connectivity index (χ2n) is 6.15. The van der Waals surface area contributed by atoms with Gasteiger partial charge in [0, 0.05) is 12.6 Å². The topological polar surface area (TPSA) is 15.3 Å². The van der Waals surface area contributed by atoms with Crippen LogP contribution in [0.3, 0.4) is 0 Å². The van der Waals surface area contributed by atoms with Gasteiger partial charge in [0.05, 0.1) is 25.1 Å². The van der Waals surface area contributed by atoms with E-state index >= 15 is 0 Å². The molecule has 1 N–H and O–H groups in total. The van der Waals surface area contributed by atoms with Crippen LogP contribution in [0.4, 0.5) is 18.9 Å². The van der Waals surface area contributed by atoms with E-state index in [4.69, 9.17) is 11.6 Å². The van der Waals surface area contributed by atoms with Crippen molar-refractivity contribution >= 4 is 61.3 Å². The molecule has 2 aromatic rings. The molecule has 1 saturated heterocycles. The average molecular weight is 489 g/mol. The Bertz CT molecular complexity index is 734. The summed E-state index contributed by atoms with van der Waals surface area (Å²) in [4.78, 5) is 2.19. The summed E-state index contributed by atoms with van der Waals surface area (Å²) in [7, 11) is 2.04. The quantitative estimate of drug-likeness (QED) is 0.464. The van der Waals surface area contributed by atoms with Crippen LogP contribution in [-0.4, -0.2) is 42.6 Å². The minimum atomic E-state index is -4.20. The number of anilines is 1. The first kappa shape index (κ1) is 18.5. The van der Waals surface area contributed by atoms with Crippen molar-refractivity contribution in [1.82, 2.24) is 4.90 Å². The highest BCUT2D eigenvalue weighted by Crippen LogP contribution is 2.40. The Morgan fingerprint density at radius 1 is 1.42 bits per heavy atom. The van der Waals surface area contributed by atoms with Gasteiger partial charge in [-0.1, -0.05) is 12.1 Å². The minimum absolute atomic E-state index is 0.0207. The normalized spacial score (nSPS) is 22.9. The fraction of sp³-hybridized carbons (Fsp3) is 0.500. The SMILES string of the molecule is CN1CCC(Nc2cccc3c(CC(F)(F)F)c(I)sc23)C(Cl)C1. The first-order valence-corrected chi connectivity index (χ1v) is 9.93. The predicted molar refractivity (Wildman–Crippen MR) is 103 cm³/mol. The van der Waals surface area contributed by atoms with Gasteiger partial charge in [0.15, 0.2) is 0 Å². The molecule has 1 aliphatic rings. The molecular formula is C16H17ClF3IN2S. The molecular weight excluding hydrogens is 472 g/mol. The summed E-state index contributed by atoms with van der Waals surface area (Å²) in [6.45, 7) is 1.76. The number of alkyl halides is 4. The number of piperidine rings is 1. The first-order chi connectivity index (χ1) is 11.2. The lowest BCUT2D eigenvalue weighted by molar-refractivity contribution is -0.127. The number of thiophene rings is 1. The van der Waals surface area contributed by atoms with Crippen LogP contribution in [0.2, 0.25) is 0 Å². The summed E-state index contributed by atoms with van der Waals surface area (Å²) < 4.78 is 40.1. The number of rotatable bonds is 3. The van der Waals surface area contributed by atoms with Crippen molar-refractivity contribution in [1.29, 1.82) is 0 Å². The molecule has 0 amide bonds. The molecule has 2 atom stereocenters. The number of nitrogens with one attached hydrogen (secondary N) is 1. The van der Waals surface area contributed by atoms with E-state index in [-0.39, 0.29) is 11.4 Å². The molecule has 8 heteroatoms. The van der Waals surface area contributed by atoms with E-state index in [1.165, 1.54) is 11.3 Å². The van der Waals surface area contributed by atoms with Crippen molar-refractivity contribution in [3.05, 3.63) is 26.6 Å². The van der Waals surface area contributed by atoms with E-state index < -0.39 is 12.6 Å². The lowest BCUT2D eigenvalue weighted by Gasteiger charge is -2.34. The summed E-state index contributed by atoms with van der Waals surface area (Å²) in [5, 5.41) is 4.13. The zero-order chi connectivity index (χ0) is 17.5. The molecule has 0 bridgehead atoms. The van der Waals surface area contributed by atoms with Crippen LogP contribution < -0.4 is 5.32 Å². The molecule has 0 saturated carbocycles. The highest BCUT2D eigenvalue weighted by molar-refractivity contribution is 14.1. The molecule has 1 aliphatic heterocycles. The molecule has 0 aliphatic carbocycles. The van der Waals surface area contributed by atoms with E-state index in [2.05, 4.69) is 10.2 Å². The zero-order valence-electron chi connectivity index (χ0n) is 13.0. The van der Waals surface area contributed by atoms with Crippen molar-refractivity contribution in [3.63, 3.8) is 0 Å². The fourth-order valence-electron chi connectivity index (χ4n) is 3.04. The molecule has 0 spiro atoms. The summed E-state index contributed by atoms with van der Waals surface area (Å²) in [6.07, 6.45) is -4.17. The Hall–Kier alpha value is -0.250. The summed E-state index contributed by atoms with van der Waals surface area (Å²) in [5.41, 5.74) is 1.25. The van der Waals surface area contributed by atoms with Gasteiger partial charge in [0.25, 0.3) is 0 Å². The van der Waals surface area contributed by atoms with E-state index in [0.717, 1.165) is 29.9 Å². The standard InChI is InChI=1S/C16H17ClF3IN2S/c1-23-6-5-12(11(17)8-23)22-13-4-2-3-9-10(7-16(18,19)20)15(21)24-14(9)13/h2-4,11-12,22H,5-8H2,1H3. The number of hydrogen-bond donors (Lipinski definition) is 1. The number of hydrogen-bond acceptors (Lipinski definition) is 3. The van der Waals surface area contributed by atoms with Crippen LogP contribution in [0.15, 0.2) is 18.2 Å². The third-order valence-corrected chi connectivity index (χ3v) is 7.06. The lowest BCUT2D eigenvalue weighted by atomic mass is 10.0. The minimum Gasteiger partial charge on any atom is -0.380 e. The van der Waals surface area contributed by atoms with E-state index in [9.17, 15) is 13.2 Å². The van der Waals surface area contributed by atoms with Crippen LogP contribution >= 0.6 is 45.5 Å². The van der Waals surface area contributed by atoms with E-state index in [1.54, 1.807) is 6.07 Å². The number of benzene rings is 1. The third-order valence-electron chi connectivity index (χ3n) is 4.23. The Balaban J connectivity index is 1.91. The smallest absolute Gasteiger partial charge is 0.380 e. The monoisotopic (exact) mass is 488 g/mol. The summed E-state index contributed by atoms with van der Waals surface area (Å²) >= 11 is 9.86. The maximum Gasteiger partial charge on any atom is 0.393 e. The number of halogens is 5. The van der Waals surface area contributed by atoms with Crippen LogP contribution in [0, 0.1) is 2.88 Å². The van der Waals surface area contributed by atoms with Gasteiger partial charge in [-0.05, 0) is 59.6 Å². The third kappa shape index (κ3) is 4.11. The Kier molecular flexibility index (Phi) is 5.54. The summed E-state index contributed by atoms with van der Waals surface area (Å²) in [5.74, 6) is 0. The fourth-order valence-corrected chi connectivity index (χ4v) is 5.63. The Morgan fingerprint density at radius 3 is 2.83 bits per heavy atom. The molecule has 2 heterocycles. The van der Waals surface area contributed by atoms with E-state index in [0.29, 0.717) is 13.8 Å². The van der Waals surface area contributed by atoms with Crippen LogP contribution in [0.25, 0.3) is 10.1 Å². The number of nitrogens with zero attached hydrogens (tertiary/aromatic N) is 1. The number of likely N-dealkylation sites (tertiary alicyclic amines) is 1. The van der Waals surface area contributed by atoms with Gasteiger partial charge in [-0.2, -0.15) is 13.2 Å². The van der Waals surface area contributed by atoms with Crippen molar-refractivity contribution < 1.29 is 13.2 Å². The zero-order valence-corrected chi connectivity index (χ0v) is 16.7. The van der Waals surface area contributed by atoms with Gasteiger partial charge in [-0.25, -0.2) is 0 Å². The Labute approximate surface area is 161 Å². The summed E-state index contributed by atoms with van der Waals surface area (Å²) in [6, 6.07) is 5.63.